The number of nitrogens with two attached hydrogens (primary N) is 10. The first-order valence-electron chi connectivity index (χ1n) is 35.2. The van der Waals surface area contributed by atoms with Crippen molar-refractivity contribution in [2.24, 2.45) is 57.3 Å². The zero-order chi connectivity index (χ0) is 77.5. The molecule has 35 heteroatoms. The summed E-state index contributed by atoms with van der Waals surface area (Å²) in [5.74, 6) is -11.7. The van der Waals surface area contributed by atoms with Crippen molar-refractivity contribution in [3.63, 3.8) is 0 Å². The minimum atomic E-state index is -1.52. The van der Waals surface area contributed by atoms with Gasteiger partial charge < -0.3 is 115 Å². The lowest BCUT2D eigenvalue weighted by atomic mass is 10.0. The van der Waals surface area contributed by atoms with Crippen LogP contribution in [0, 0.1) is 0 Å². The van der Waals surface area contributed by atoms with Crippen LogP contribution in [0.15, 0.2) is 91.1 Å². The quantitative estimate of drug-likeness (QED) is 0.0184. The van der Waals surface area contributed by atoms with Crippen LogP contribution < -0.4 is 111 Å². The van der Waals surface area contributed by atoms with E-state index >= 15 is 9.59 Å². The molecule has 35 nitrogen and oxygen atoms in total. The van der Waals surface area contributed by atoms with Crippen LogP contribution in [0.25, 0.3) is 10.9 Å². The first kappa shape index (κ1) is 87.1. The average molecular weight is 1470 g/mol. The molecule has 31 N–H and O–H groups in total. The Bertz CT molecular complexity index is 3530. The molecular weight excluding hydrogens is 1360 g/mol. The standard InChI is InChI=1S/C70H107N21O14/c1-40(92)46(25-28-57(76)77)82-66(101)53(27-31-60(80)95)88-62(97)48(20-10-32-71)85-68(103)54(36-41-14-4-2-5-15-41)90-64(99)50(22-12-34-73)87-70(105)56(38-43-39-81-47-19-9-8-18-44(43)47)91-65(100)51(23-13-35-74)86-69(104)55(37-42-16-6-3-7-17-42)89-63(98)49(21-11-33-72)84-67(102)52(26-30-59(79)94)83-61(96)45(75)24-29-58(78)93/h2-9,14-19,39,45-46,48-57,81H,10-13,20-38,71-77H2,1H3,(H2,78,93)(H2,79,94)(H2,80,95)(H,82,101)(H,83,96)(H,84,102)(H,85,103)(H,86,104)(H,87,105)(H,88,97)(H,89,98)(H,90,99)(H,91,100)/t45-,46-,48-,49-,50-,51-,52-,53-,54-,55-,56-/m0/s1. The number of primary amides is 3. The summed E-state index contributed by atoms with van der Waals surface area (Å²) < 4.78 is 0. The number of benzene rings is 3. The highest BCUT2D eigenvalue weighted by Crippen LogP contribution is 2.21. The van der Waals surface area contributed by atoms with Crippen molar-refractivity contribution in [3.05, 3.63) is 108 Å². The van der Waals surface area contributed by atoms with E-state index in [1.165, 1.54) is 6.92 Å². The van der Waals surface area contributed by atoms with E-state index in [-0.39, 0.29) is 148 Å². The normalized spacial score (nSPS) is 14.3. The van der Waals surface area contributed by atoms with Gasteiger partial charge in [0.15, 0.2) is 5.78 Å². The van der Waals surface area contributed by atoms with Gasteiger partial charge in [-0.05, 0) is 139 Å². The van der Waals surface area contributed by atoms with Gasteiger partial charge in [-0.25, -0.2) is 0 Å². The molecule has 0 radical (unpaired) electrons. The average Bonchev–Trinajstić information content (AvgIpc) is 1.70. The van der Waals surface area contributed by atoms with Crippen molar-refractivity contribution >= 4 is 93.5 Å². The molecule has 13 amide bonds. The number of rotatable bonds is 51. The fourth-order valence-electron chi connectivity index (χ4n) is 11.2. The number of aromatic amines is 1. The highest BCUT2D eigenvalue weighted by atomic mass is 16.2. The van der Waals surface area contributed by atoms with Crippen LogP contribution in [0.4, 0.5) is 0 Å². The molecule has 0 unspecified atom stereocenters. The fraction of sp³-hybridized carbons (Fsp3) is 0.514. The molecule has 576 valence electrons. The first-order valence-corrected chi connectivity index (χ1v) is 35.2. The number of nitrogens with one attached hydrogen (secondary N) is 11. The lowest BCUT2D eigenvalue weighted by Gasteiger charge is -2.29. The summed E-state index contributed by atoms with van der Waals surface area (Å²) in [5.41, 5.74) is 59.5. The summed E-state index contributed by atoms with van der Waals surface area (Å²) in [5, 5.41) is 27.3. The molecule has 4 rings (SSSR count). The number of carbonyl (C=O) groups is 14. The molecular formula is C70H107N21O14. The van der Waals surface area contributed by atoms with Gasteiger partial charge in [-0.1, -0.05) is 78.9 Å². The van der Waals surface area contributed by atoms with Gasteiger partial charge in [-0.2, -0.15) is 0 Å². The van der Waals surface area contributed by atoms with Gasteiger partial charge >= 0.3 is 0 Å². The molecule has 3 aromatic carbocycles. The van der Waals surface area contributed by atoms with E-state index < -0.39 is 155 Å². The van der Waals surface area contributed by atoms with Crippen LogP contribution >= 0.6 is 0 Å². The summed E-state index contributed by atoms with van der Waals surface area (Å²) in [6, 6.07) is 8.64. The van der Waals surface area contributed by atoms with Crippen LogP contribution in [0.5, 0.6) is 0 Å². The van der Waals surface area contributed by atoms with Gasteiger partial charge in [-0.15, -0.1) is 0 Å². The fourth-order valence-corrected chi connectivity index (χ4v) is 11.2. The Labute approximate surface area is 609 Å². The van der Waals surface area contributed by atoms with E-state index in [4.69, 9.17) is 57.3 Å². The van der Waals surface area contributed by atoms with Gasteiger partial charge in [0, 0.05) is 55.6 Å². The first-order chi connectivity index (χ1) is 50.1. The second-order valence-corrected chi connectivity index (χ2v) is 25.8. The molecule has 4 aromatic rings. The number of aromatic nitrogens is 1. The number of H-pyrrole nitrogens is 1. The Balaban J connectivity index is 1.70. The summed E-state index contributed by atoms with van der Waals surface area (Å²) >= 11 is 0. The molecule has 105 heavy (non-hydrogen) atoms. The largest absolute Gasteiger partial charge is 0.370 e. The summed E-state index contributed by atoms with van der Waals surface area (Å²) in [6.07, 6.45) is -1.06. The van der Waals surface area contributed by atoms with Crippen molar-refractivity contribution in [2.45, 2.75) is 202 Å². The maximum Gasteiger partial charge on any atom is 0.243 e. The third kappa shape index (κ3) is 31.7. The van der Waals surface area contributed by atoms with E-state index in [9.17, 15) is 57.5 Å². The number of hydrogen-bond acceptors (Lipinski definition) is 21. The van der Waals surface area contributed by atoms with Gasteiger partial charge in [-0.3, -0.25) is 67.1 Å². The minimum Gasteiger partial charge on any atom is -0.370 e. The lowest BCUT2D eigenvalue weighted by Crippen LogP contribution is -2.61. The third-order valence-electron chi connectivity index (χ3n) is 17.1. The Kier molecular flexibility index (Phi) is 38.5. The Morgan fingerprint density at radius 1 is 0.333 bits per heavy atom. The van der Waals surface area contributed by atoms with Crippen molar-refractivity contribution in [2.75, 3.05) is 26.2 Å². The second-order valence-electron chi connectivity index (χ2n) is 25.8. The van der Waals surface area contributed by atoms with Crippen molar-refractivity contribution in [1.82, 2.24) is 58.2 Å². The zero-order valence-corrected chi connectivity index (χ0v) is 59.3. The summed E-state index contributed by atoms with van der Waals surface area (Å²) in [6.45, 7) is 1.41. The number of Topliss-reactive ketones (excluding diaryl/α,β-unsaturated/α-hetero) is 1. The maximum atomic E-state index is 15.2. The number of hydrogen-bond donors (Lipinski definition) is 21. The third-order valence-corrected chi connectivity index (χ3v) is 17.1. The zero-order valence-electron chi connectivity index (χ0n) is 59.3. The maximum absolute atomic E-state index is 15.2. The van der Waals surface area contributed by atoms with E-state index in [0.717, 1.165) is 0 Å². The SMILES string of the molecule is CC(=O)[C@H](CCC(N)N)NC(=O)[C@H](CCC(N)=O)NC(=O)[C@H](CCCN)NC(=O)[C@H](Cc1ccccc1)NC(=O)[C@H](CCCN)NC(=O)[C@H](Cc1c[nH]c2ccccc12)NC(=O)[C@H](CCCN)NC(=O)[C@H](Cc1ccccc1)NC(=O)[C@H](CCCN)NC(=O)[C@H](CCC(N)=O)NC(=O)[C@@H](N)CCC(N)=O. The number of ketones is 1. The van der Waals surface area contributed by atoms with Gasteiger partial charge in [0.25, 0.3) is 0 Å². The topological polar surface area (TPSA) is 635 Å². The summed E-state index contributed by atoms with van der Waals surface area (Å²) in [4.78, 5) is 195. The van der Waals surface area contributed by atoms with Gasteiger partial charge in [0.05, 0.1) is 18.2 Å². The predicted octanol–water partition coefficient (Wildman–Crippen LogP) is -5.26. The molecule has 11 atom stereocenters. The number of carbonyl (C=O) groups excluding carboxylic acids is 14. The van der Waals surface area contributed by atoms with E-state index in [1.807, 2.05) is 0 Å². The lowest BCUT2D eigenvalue weighted by molar-refractivity contribution is -0.136. The van der Waals surface area contributed by atoms with Crippen LogP contribution in [0.2, 0.25) is 0 Å². The molecule has 1 aromatic heterocycles. The van der Waals surface area contributed by atoms with Crippen LogP contribution in [0.1, 0.15) is 126 Å². The highest BCUT2D eigenvalue weighted by molar-refractivity contribution is 6.00. The van der Waals surface area contributed by atoms with Crippen molar-refractivity contribution in [3.8, 4) is 0 Å². The smallest absolute Gasteiger partial charge is 0.243 e. The second kappa shape index (κ2) is 46.4. The monoisotopic (exact) mass is 1470 g/mol. The molecule has 0 fully saturated rings. The Morgan fingerprint density at radius 3 is 0.971 bits per heavy atom. The minimum absolute atomic E-state index is 0.0303. The molecule has 0 saturated heterocycles. The number of amides is 13. The highest BCUT2D eigenvalue weighted by Gasteiger charge is 2.37. The molecule has 1 heterocycles. The van der Waals surface area contributed by atoms with Crippen LogP contribution in [0.3, 0.4) is 0 Å². The van der Waals surface area contributed by atoms with Gasteiger partial charge in [0.2, 0.25) is 76.8 Å². The molecule has 0 bridgehead atoms. The van der Waals surface area contributed by atoms with Crippen molar-refractivity contribution < 1.29 is 67.1 Å². The van der Waals surface area contributed by atoms with Crippen LogP contribution in [-0.2, 0) is 86.4 Å². The molecule has 0 aliphatic rings. The van der Waals surface area contributed by atoms with Gasteiger partial charge in [0.1, 0.15) is 54.4 Å². The van der Waals surface area contributed by atoms with Crippen molar-refractivity contribution in [1.29, 1.82) is 0 Å². The molecule has 0 saturated carbocycles. The number of para-hydroxylation sites is 1. The molecule has 0 aliphatic carbocycles. The predicted molar refractivity (Wildman–Crippen MR) is 390 cm³/mol. The van der Waals surface area contributed by atoms with E-state index in [2.05, 4.69) is 58.2 Å². The van der Waals surface area contributed by atoms with Crippen LogP contribution in [-0.4, -0.2) is 186 Å². The molecule has 0 aliphatic heterocycles. The van der Waals surface area contributed by atoms with E-state index in [0.29, 0.717) is 27.6 Å². The Morgan fingerprint density at radius 2 is 0.629 bits per heavy atom. The Hall–Kier alpha value is -10.3. The number of fused-ring (bicyclic) bond motifs is 1. The molecule has 0 spiro atoms. The van der Waals surface area contributed by atoms with E-state index in [1.54, 1.807) is 91.1 Å². The summed E-state index contributed by atoms with van der Waals surface area (Å²) in [7, 11) is 0.